The number of carbonyl (C=O) groups excluding carboxylic acids is 3. The van der Waals surface area contributed by atoms with E-state index in [1.54, 1.807) is 86.0 Å². The number of hydrogen-bond donors (Lipinski definition) is 3. The number of amides is 3. The molecule has 47 heavy (non-hydrogen) atoms. The number of benzene rings is 4. The number of carbonyl (C=O) groups is 3. The van der Waals surface area contributed by atoms with Gasteiger partial charge in [0.15, 0.2) is 5.13 Å². The van der Waals surface area contributed by atoms with Crippen molar-refractivity contribution in [1.82, 2.24) is 10.3 Å². The van der Waals surface area contributed by atoms with Gasteiger partial charge in [0.2, 0.25) is 5.91 Å². The summed E-state index contributed by atoms with van der Waals surface area (Å²) in [7, 11) is 1.57. The molecule has 0 aliphatic carbocycles. The van der Waals surface area contributed by atoms with Gasteiger partial charge in [-0.2, -0.15) is 0 Å². The molecule has 1 atom stereocenters. The average Bonchev–Trinajstić information content (AvgIpc) is 3.55. The Hall–Kier alpha value is -4.90. The second kappa shape index (κ2) is 16.1. The first-order chi connectivity index (χ1) is 22.8. The number of rotatable bonds is 12. The molecule has 0 spiro atoms. The number of anilines is 2. The molecule has 4 aromatic carbocycles. The van der Waals surface area contributed by atoms with Crippen LogP contribution in [-0.4, -0.2) is 35.1 Å². The predicted octanol–water partition coefficient (Wildman–Crippen LogP) is 8.39. The van der Waals surface area contributed by atoms with Crippen molar-refractivity contribution in [3.8, 4) is 17.0 Å². The lowest BCUT2D eigenvalue weighted by atomic mass is 10.1. The number of nitrogens with zero attached hydrogens (tertiary/aromatic N) is 1. The molecular formula is C36H31ClN4O4S2. The highest BCUT2D eigenvalue weighted by Crippen LogP contribution is 2.32. The first-order valence-corrected chi connectivity index (χ1v) is 16.8. The third-order valence-electron chi connectivity index (χ3n) is 6.87. The fraction of sp³-hybridized carbons (Fsp3) is 0.111. The van der Waals surface area contributed by atoms with E-state index in [1.165, 1.54) is 23.1 Å². The molecule has 3 N–H and O–H groups in total. The summed E-state index contributed by atoms with van der Waals surface area (Å²) in [5.74, 6) is -0.431. The van der Waals surface area contributed by atoms with Crippen LogP contribution in [0.1, 0.15) is 29.3 Å². The monoisotopic (exact) mass is 682 g/mol. The second-order valence-corrected chi connectivity index (χ2v) is 12.7. The van der Waals surface area contributed by atoms with Crippen LogP contribution in [0, 0.1) is 0 Å². The Labute approximate surface area is 286 Å². The molecule has 5 rings (SSSR count). The third kappa shape index (κ3) is 9.10. The van der Waals surface area contributed by atoms with Gasteiger partial charge in [-0.15, -0.1) is 23.1 Å². The normalized spacial score (nSPS) is 11.8. The van der Waals surface area contributed by atoms with E-state index in [9.17, 15) is 14.4 Å². The van der Waals surface area contributed by atoms with Crippen LogP contribution in [-0.2, 0) is 9.59 Å². The zero-order chi connectivity index (χ0) is 33.2. The largest absolute Gasteiger partial charge is 0.497 e. The first kappa shape index (κ1) is 33.5. The number of hydrogen-bond acceptors (Lipinski definition) is 7. The molecule has 1 heterocycles. The van der Waals surface area contributed by atoms with Gasteiger partial charge in [0, 0.05) is 32.1 Å². The molecule has 11 heteroatoms. The van der Waals surface area contributed by atoms with Gasteiger partial charge in [-0.25, -0.2) is 4.98 Å². The van der Waals surface area contributed by atoms with Crippen molar-refractivity contribution in [2.24, 2.45) is 0 Å². The lowest BCUT2D eigenvalue weighted by molar-refractivity contribution is -0.116. The highest BCUT2D eigenvalue weighted by atomic mass is 35.5. The predicted molar refractivity (Wildman–Crippen MR) is 191 cm³/mol. The van der Waals surface area contributed by atoms with Gasteiger partial charge in [-0.3, -0.25) is 14.4 Å². The summed E-state index contributed by atoms with van der Waals surface area (Å²) in [5.41, 5.74) is 3.18. The van der Waals surface area contributed by atoms with E-state index in [-0.39, 0.29) is 11.6 Å². The highest BCUT2D eigenvalue weighted by molar-refractivity contribution is 8.00. The molecule has 238 valence electrons. The van der Waals surface area contributed by atoms with E-state index in [1.807, 2.05) is 42.6 Å². The Bertz CT molecular complexity index is 1890. The summed E-state index contributed by atoms with van der Waals surface area (Å²) in [5, 5.41) is 11.1. The second-order valence-electron chi connectivity index (χ2n) is 10.2. The van der Waals surface area contributed by atoms with E-state index in [0.717, 1.165) is 10.5 Å². The maximum absolute atomic E-state index is 13.5. The summed E-state index contributed by atoms with van der Waals surface area (Å²) in [6, 6.07) is 30.4. The van der Waals surface area contributed by atoms with Crippen molar-refractivity contribution in [3.05, 3.63) is 130 Å². The van der Waals surface area contributed by atoms with E-state index < -0.39 is 17.1 Å². The summed E-state index contributed by atoms with van der Waals surface area (Å²) in [4.78, 5) is 45.1. The minimum atomic E-state index is -0.505. The zero-order valence-corrected chi connectivity index (χ0v) is 27.9. The molecule has 0 radical (unpaired) electrons. The molecule has 0 saturated heterocycles. The van der Waals surface area contributed by atoms with Crippen molar-refractivity contribution in [2.75, 3.05) is 17.7 Å². The molecule has 0 aliphatic heterocycles. The smallest absolute Gasteiger partial charge is 0.272 e. The van der Waals surface area contributed by atoms with Crippen LogP contribution >= 0.6 is 34.7 Å². The van der Waals surface area contributed by atoms with Gasteiger partial charge in [0.25, 0.3) is 11.8 Å². The molecule has 8 nitrogen and oxygen atoms in total. The van der Waals surface area contributed by atoms with Crippen LogP contribution in [0.4, 0.5) is 10.8 Å². The van der Waals surface area contributed by atoms with Crippen LogP contribution in [0.3, 0.4) is 0 Å². The Kier molecular flexibility index (Phi) is 11.5. The first-order valence-electron chi connectivity index (χ1n) is 14.6. The van der Waals surface area contributed by atoms with Crippen molar-refractivity contribution < 1.29 is 19.1 Å². The number of thiazole rings is 1. The maximum atomic E-state index is 13.5. The number of methoxy groups -OCH3 is 1. The fourth-order valence-corrected chi connectivity index (χ4v) is 6.41. The minimum absolute atomic E-state index is 0.0625. The van der Waals surface area contributed by atoms with Crippen molar-refractivity contribution >= 4 is 69.3 Å². The fourth-order valence-electron chi connectivity index (χ4n) is 4.45. The Balaban J connectivity index is 1.28. The number of thioether (sulfide) groups is 1. The number of aromatic nitrogens is 1. The molecule has 5 aromatic rings. The molecule has 0 fully saturated rings. The lowest BCUT2D eigenvalue weighted by Gasteiger charge is -2.15. The topological polar surface area (TPSA) is 109 Å². The van der Waals surface area contributed by atoms with Gasteiger partial charge in [-0.05, 0) is 66.6 Å². The Morgan fingerprint density at radius 3 is 2.40 bits per heavy atom. The van der Waals surface area contributed by atoms with Crippen LogP contribution < -0.4 is 20.7 Å². The number of nitrogens with one attached hydrogen (secondary N) is 3. The molecule has 3 amide bonds. The number of ether oxygens (including phenoxy) is 1. The average molecular weight is 683 g/mol. The standard InChI is InChI=1S/C36H31ClN4O4S2/c1-3-32(35(44)41-36-40-31(22-46-36)28-14-7-8-15-29(28)37)47-27-13-9-12-25(21-27)38-34(43)30(20-23-16-18-26(45-2)19-17-23)39-33(42)24-10-5-4-6-11-24/h4-22,32H,3H2,1-2H3,(H,38,43)(H,39,42)(H,40,41,44)/b30-20+. The van der Waals surface area contributed by atoms with Gasteiger partial charge < -0.3 is 20.7 Å². The van der Waals surface area contributed by atoms with Crippen LogP contribution in [0.2, 0.25) is 5.02 Å². The maximum Gasteiger partial charge on any atom is 0.272 e. The van der Waals surface area contributed by atoms with Gasteiger partial charge in [-0.1, -0.05) is 73.1 Å². The summed E-state index contributed by atoms with van der Waals surface area (Å²) < 4.78 is 5.23. The minimum Gasteiger partial charge on any atom is -0.497 e. The summed E-state index contributed by atoms with van der Waals surface area (Å²) in [6.07, 6.45) is 2.16. The van der Waals surface area contributed by atoms with Crippen LogP contribution in [0.15, 0.2) is 119 Å². The van der Waals surface area contributed by atoms with E-state index in [4.69, 9.17) is 16.3 Å². The van der Waals surface area contributed by atoms with Gasteiger partial charge in [0.05, 0.1) is 18.1 Å². The molecule has 0 saturated carbocycles. The molecule has 0 aliphatic rings. The molecule has 0 bridgehead atoms. The van der Waals surface area contributed by atoms with Gasteiger partial charge in [0.1, 0.15) is 11.4 Å². The number of halogens is 1. The van der Waals surface area contributed by atoms with Crippen molar-refractivity contribution in [3.63, 3.8) is 0 Å². The lowest BCUT2D eigenvalue weighted by Crippen LogP contribution is -2.30. The zero-order valence-electron chi connectivity index (χ0n) is 25.5. The quantitative estimate of drug-likeness (QED) is 0.0901. The molecule has 1 unspecified atom stereocenters. The van der Waals surface area contributed by atoms with E-state index in [0.29, 0.717) is 44.8 Å². The highest BCUT2D eigenvalue weighted by Gasteiger charge is 2.21. The van der Waals surface area contributed by atoms with Crippen LogP contribution in [0.5, 0.6) is 5.75 Å². The van der Waals surface area contributed by atoms with Gasteiger partial charge >= 0.3 is 0 Å². The molecule has 1 aromatic heterocycles. The van der Waals surface area contributed by atoms with E-state index >= 15 is 0 Å². The third-order valence-corrected chi connectivity index (χ3v) is 9.32. The molecular weight excluding hydrogens is 652 g/mol. The SMILES string of the molecule is CCC(Sc1cccc(NC(=O)/C(=C\c2ccc(OC)cc2)NC(=O)c2ccccc2)c1)C(=O)Nc1nc(-c2ccccc2Cl)cs1. The summed E-state index contributed by atoms with van der Waals surface area (Å²) >= 11 is 9.03. The summed E-state index contributed by atoms with van der Waals surface area (Å²) in [6.45, 7) is 1.94. The Morgan fingerprint density at radius 1 is 0.936 bits per heavy atom. The van der Waals surface area contributed by atoms with Crippen molar-refractivity contribution in [2.45, 2.75) is 23.5 Å². The Morgan fingerprint density at radius 2 is 1.68 bits per heavy atom. The van der Waals surface area contributed by atoms with E-state index in [2.05, 4.69) is 20.9 Å². The van der Waals surface area contributed by atoms with Crippen molar-refractivity contribution in [1.29, 1.82) is 0 Å². The van der Waals surface area contributed by atoms with Crippen LogP contribution in [0.25, 0.3) is 17.3 Å².